The number of nitrogens with one attached hydrogen (secondary N) is 2. The van der Waals surface area contributed by atoms with E-state index in [1.165, 1.54) is 4.57 Å². The van der Waals surface area contributed by atoms with Crippen LogP contribution in [-0.4, -0.2) is 48.7 Å². The summed E-state index contributed by atoms with van der Waals surface area (Å²) in [6.45, 7) is 0. The number of hydrogen-bond donors (Lipinski definition) is 6. The number of aliphatic hydroxyl groups is 2. The minimum atomic E-state index is -1.13. The molecule has 3 rings (SSSR count). The predicted octanol–water partition coefficient (Wildman–Crippen LogP) is 1.73. The highest BCUT2D eigenvalue weighted by atomic mass is 79.9. The number of halogens is 1. The van der Waals surface area contributed by atoms with E-state index in [1.54, 1.807) is 18.2 Å². The van der Waals surface area contributed by atoms with E-state index in [4.69, 9.17) is 0 Å². The quantitative estimate of drug-likeness (QED) is 0.403. The summed E-state index contributed by atoms with van der Waals surface area (Å²) in [6.07, 6.45) is -0.218. The highest BCUT2D eigenvalue weighted by Crippen LogP contribution is 2.44. The van der Waals surface area contributed by atoms with Crippen molar-refractivity contribution in [3.8, 4) is 11.8 Å². The summed E-state index contributed by atoms with van der Waals surface area (Å²) in [6, 6.07) is 4.30. The number of aliphatic hydroxyl groups excluding tert-OH is 2. The average Bonchev–Trinajstić information content (AvgIpc) is 2.85. The minimum absolute atomic E-state index is 0.189. The molecule has 1 amide bonds. The van der Waals surface area contributed by atoms with Gasteiger partial charge in [0, 0.05) is 17.1 Å². The van der Waals surface area contributed by atoms with Gasteiger partial charge >= 0.3 is 0 Å². The van der Waals surface area contributed by atoms with Crippen LogP contribution in [0.2, 0.25) is 0 Å². The fourth-order valence-electron chi connectivity index (χ4n) is 3.34. The van der Waals surface area contributed by atoms with Crippen LogP contribution in [0.25, 0.3) is 10.8 Å². The van der Waals surface area contributed by atoms with Crippen molar-refractivity contribution in [2.24, 2.45) is 0 Å². The molecule has 26 heavy (non-hydrogen) atoms. The van der Waals surface area contributed by atoms with Crippen molar-refractivity contribution in [1.82, 2.24) is 9.88 Å². The molecular formula is C17H22BrN3O5. The zero-order valence-corrected chi connectivity index (χ0v) is 15.6. The molecule has 1 saturated heterocycles. The Bertz CT molecular complexity index is 809. The third kappa shape index (κ3) is 3.52. The monoisotopic (exact) mass is 427 g/mol. The topological polar surface area (TPSA) is 127 Å². The summed E-state index contributed by atoms with van der Waals surface area (Å²) >= 11 is 3.28. The van der Waals surface area contributed by atoms with Crippen molar-refractivity contribution in [2.75, 3.05) is 10.6 Å². The molecular weight excluding hydrogens is 406 g/mol. The van der Waals surface area contributed by atoms with Crippen LogP contribution in [0.3, 0.4) is 0 Å². The second kappa shape index (κ2) is 7.83. The molecule has 0 spiro atoms. The summed E-state index contributed by atoms with van der Waals surface area (Å²) in [4.78, 5) is 12.0. The maximum absolute atomic E-state index is 12.0. The van der Waals surface area contributed by atoms with Gasteiger partial charge in [-0.3, -0.25) is 14.7 Å². The fraction of sp³-hybridized carbons (Fsp3) is 0.471. The van der Waals surface area contributed by atoms with Gasteiger partial charge in [-0.25, -0.2) is 0 Å². The molecule has 0 radical (unpaired) electrons. The van der Waals surface area contributed by atoms with Crippen LogP contribution >= 0.6 is 15.9 Å². The van der Waals surface area contributed by atoms with Gasteiger partial charge in [0.25, 0.3) is 0 Å². The Balaban J connectivity index is 1.99. The molecule has 1 aliphatic heterocycles. The van der Waals surface area contributed by atoms with Gasteiger partial charge < -0.3 is 25.7 Å². The van der Waals surface area contributed by atoms with E-state index in [0.29, 0.717) is 47.5 Å². The molecule has 142 valence electrons. The Hall–Kier alpha value is -1.81. The second-order valence-electron chi connectivity index (χ2n) is 6.36. The summed E-state index contributed by atoms with van der Waals surface area (Å²) < 4.78 is 1.24. The van der Waals surface area contributed by atoms with E-state index in [9.17, 15) is 25.2 Å². The van der Waals surface area contributed by atoms with Gasteiger partial charge in [0.05, 0.1) is 17.1 Å². The first kappa shape index (κ1) is 19.0. The first-order valence-corrected chi connectivity index (χ1v) is 9.59. The molecule has 0 bridgehead atoms. The second-order valence-corrected chi connectivity index (χ2v) is 7.15. The lowest BCUT2D eigenvalue weighted by Gasteiger charge is -2.33. The van der Waals surface area contributed by atoms with Crippen LogP contribution in [0.5, 0.6) is 11.8 Å². The number of aromatic hydroxyl groups is 2. The highest BCUT2D eigenvalue weighted by Gasteiger charge is 2.33. The number of hydrogen-bond acceptors (Lipinski definition) is 6. The van der Waals surface area contributed by atoms with Gasteiger partial charge in [0.2, 0.25) is 17.7 Å². The van der Waals surface area contributed by atoms with Crippen LogP contribution in [0, 0.1) is 0 Å². The molecule has 3 atom stereocenters. The average molecular weight is 428 g/mol. The van der Waals surface area contributed by atoms with Crippen LogP contribution in [0.4, 0.5) is 5.69 Å². The van der Waals surface area contributed by atoms with Crippen LogP contribution in [0.1, 0.15) is 31.7 Å². The van der Waals surface area contributed by atoms with E-state index in [0.717, 1.165) is 0 Å². The van der Waals surface area contributed by atoms with Crippen molar-refractivity contribution < 1.29 is 25.2 Å². The number of amides is 1. The molecule has 1 fully saturated rings. The van der Waals surface area contributed by atoms with Gasteiger partial charge in [0.15, 0.2) is 0 Å². The lowest BCUT2D eigenvalue weighted by atomic mass is 10.0. The number of benzene rings is 1. The molecule has 6 N–H and O–H groups in total. The predicted molar refractivity (Wildman–Crippen MR) is 100 cm³/mol. The Kier molecular flexibility index (Phi) is 5.71. The smallest absolute Gasteiger partial charge is 0.224 e. The number of alkyl halides is 1. The number of aromatic nitrogens is 1. The number of fused-ring (bicyclic) bond motifs is 1. The molecule has 0 aliphatic carbocycles. The van der Waals surface area contributed by atoms with E-state index in [1.807, 2.05) is 0 Å². The first-order valence-electron chi connectivity index (χ1n) is 8.47. The van der Waals surface area contributed by atoms with Crippen molar-refractivity contribution in [3.05, 3.63) is 18.2 Å². The number of carbonyl (C=O) groups excluding carboxylic acids is 1. The number of anilines is 1. The zero-order valence-electron chi connectivity index (χ0n) is 14.0. The largest absolute Gasteiger partial charge is 0.494 e. The third-order valence-electron chi connectivity index (χ3n) is 4.59. The maximum atomic E-state index is 12.0. The van der Waals surface area contributed by atoms with E-state index < -0.39 is 18.5 Å². The van der Waals surface area contributed by atoms with Gasteiger partial charge in [-0.2, -0.15) is 0 Å². The van der Waals surface area contributed by atoms with Crippen LogP contribution < -0.4 is 10.6 Å². The Morgan fingerprint density at radius 1 is 1.27 bits per heavy atom. The van der Waals surface area contributed by atoms with Gasteiger partial charge in [0.1, 0.15) is 12.5 Å². The van der Waals surface area contributed by atoms with Crippen LogP contribution in [0.15, 0.2) is 18.2 Å². The van der Waals surface area contributed by atoms with Gasteiger partial charge in [-0.1, -0.05) is 22.0 Å². The Labute approximate surface area is 158 Å². The van der Waals surface area contributed by atoms with E-state index in [-0.39, 0.29) is 17.7 Å². The summed E-state index contributed by atoms with van der Waals surface area (Å²) in [5, 5.41) is 47.8. The van der Waals surface area contributed by atoms with Crippen molar-refractivity contribution in [1.29, 1.82) is 0 Å². The molecule has 8 nitrogen and oxygen atoms in total. The number of piperidine rings is 1. The van der Waals surface area contributed by atoms with Crippen molar-refractivity contribution >= 4 is 38.3 Å². The zero-order chi connectivity index (χ0) is 18.8. The molecule has 9 heteroatoms. The molecule has 3 unspecified atom stereocenters. The lowest BCUT2D eigenvalue weighted by molar-refractivity contribution is -0.116. The molecule has 0 saturated carbocycles. The molecule has 1 aromatic heterocycles. The van der Waals surface area contributed by atoms with Gasteiger partial charge in [-0.15, -0.1) is 0 Å². The van der Waals surface area contributed by atoms with E-state index in [2.05, 4.69) is 26.6 Å². The highest BCUT2D eigenvalue weighted by molar-refractivity contribution is 9.09. The first-order chi connectivity index (χ1) is 12.4. The third-order valence-corrected chi connectivity index (χ3v) is 5.15. The lowest BCUT2D eigenvalue weighted by Crippen LogP contribution is -2.47. The number of carbonyl (C=O) groups is 1. The molecule has 1 aliphatic rings. The number of nitrogens with zero attached hydrogens (tertiary/aromatic N) is 1. The molecule has 2 heterocycles. The van der Waals surface area contributed by atoms with Crippen molar-refractivity contribution in [3.63, 3.8) is 0 Å². The summed E-state index contributed by atoms with van der Waals surface area (Å²) in [7, 11) is 0. The SMILES string of the molecule is O=C(CCCBr)Nc1cccc2c(O)n(C3CCC(O)NC3O)c(O)c12. The van der Waals surface area contributed by atoms with Crippen LogP contribution in [-0.2, 0) is 4.79 Å². The van der Waals surface area contributed by atoms with Gasteiger partial charge in [-0.05, 0) is 31.4 Å². The normalized spacial score (nSPS) is 23.3. The Morgan fingerprint density at radius 3 is 2.73 bits per heavy atom. The van der Waals surface area contributed by atoms with E-state index >= 15 is 0 Å². The number of rotatable bonds is 5. The molecule has 1 aromatic carbocycles. The fourth-order valence-corrected chi connectivity index (χ4v) is 3.62. The minimum Gasteiger partial charge on any atom is -0.494 e. The van der Waals surface area contributed by atoms with Crippen molar-refractivity contribution in [2.45, 2.75) is 44.2 Å². The maximum Gasteiger partial charge on any atom is 0.224 e. The summed E-state index contributed by atoms with van der Waals surface area (Å²) in [5.41, 5.74) is 0.395. The standard InChI is InChI=1S/C17H22BrN3O5/c18-8-2-5-12(22)19-10-4-1-3-9-14(10)17(26)21(16(9)25)11-6-7-13(23)20-15(11)24/h1,3-4,11,13,15,20,23-26H,2,5-8H2,(H,19,22). The summed E-state index contributed by atoms with van der Waals surface area (Å²) in [5.74, 6) is -0.626. The Morgan fingerprint density at radius 2 is 2.04 bits per heavy atom. The molecule has 2 aromatic rings.